The van der Waals surface area contributed by atoms with Gasteiger partial charge >= 0.3 is 0 Å². The first-order valence-electron chi connectivity index (χ1n) is 17.2. The highest BCUT2D eigenvalue weighted by Gasteiger charge is 2.23. The third-order valence-electron chi connectivity index (χ3n) is 8.41. The van der Waals surface area contributed by atoms with Gasteiger partial charge in [0.25, 0.3) is 5.91 Å². The maximum Gasteiger partial charge on any atom is 0.251 e. The van der Waals surface area contributed by atoms with Crippen molar-refractivity contribution in [2.75, 3.05) is 13.2 Å². The molecule has 2 aromatic heterocycles. The van der Waals surface area contributed by atoms with E-state index in [1.54, 1.807) is 30.7 Å². The van der Waals surface area contributed by atoms with Crippen molar-refractivity contribution in [1.29, 1.82) is 0 Å². The van der Waals surface area contributed by atoms with Crippen LogP contribution in [0.1, 0.15) is 78.6 Å². The zero-order valence-corrected chi connectivity index (χ0v) is 28.4. The topological polar surface area (TPSA) is 133 Å². The average molecular weight is 662 g/mol. The van der Waals surface area contributed by atoms with Crippen molar-refractivity contribution in [2.24, 2.45) is 0 Å². The molecule has 0 aliphatic rings. The van der Waals surface area contributed by atoms with Crippen molar-refractivity contribution >= 4 is 22.6 Å². The highest BCUT2D eigenvalue weighted by atomic mass is 16.5. The van der Waals surface area contributed by atoms with Gasteiger partial charge in [-0.25, -0.2) is 4.98 Å². The minimum absolute atomic E-state index is 0.219. The molecule has 10 nitrogen and oxygen atoms in total. The molecule has 49 heavy (non-hydrogen) atoms. The summed E-state index contributed by atoms with van der Waals surface area (Å²) >= 11 is 0. The van der Waals surface area contributed by atoms with Crippen molar-refractivity contribution in [3.63, 3.8) is 0 Å². The molecule has 3 aromatic carbocycles. The Morgan fingerprint density at radius 2 is 1.67 bits per heavy atom. The van der Waals surface area contributed by atoms with E-state index in [9.17, 15) is 9.59 Å². The number of rotatable bonds is 19. The molecular weight excluding hydrogens is 614 g/mol. The van der Waals surface area contributed by atoms with Gasteiger partial charge in [0, 0.05) is 37.2 Å². The summed E-state index contributed by atoms with van der Waals surface area (Å²) in [7, 11) is 0. The van der Waals surface area contributed by atoms with Crippen molar-refractivity contribution in [3.8, 4) is 5.75 Å². The zero-order valence-electron chi connectivity index (χ0n) is 28.4. The van der Waals surface area contributed by atoms with E-state index in [1.165, 1.54) is 0 Å². The first-order chi connectivity index (χ1) is 24.0. The smallest absolute Gasteiger partial charge is 0.251 e. The number of aromatic nitrogens is 3. The molecule has 0 saturated carbocycles. The van der Waals surface area contributed by atoms with Crippen LogP contribution in [0, 0.1) is 0 Å². The molecule has 0 radical (unpaired) electrons. The number of imidazole rings is 1. The third-order valence-corrected chi connectivity index (χ3v) is 8.41. The number of pyridine rings is 1. The van der Waals surface area contributed by atoms with E-state index in [0.29, 0.717) is 51.2 Å². The lowest BCUT2D eigenvalue weighted by Crippen LogP contribution is -2.47. The van der Waals surface area contributed by atoms with Crippen LogP contribution in [0.2, 0.25) is 0 Å². The van der Waals surface area contributed by atoms with Crippen molar-refractivity contribution in [3.05, 3.63) is 126 Å². The highest BCUT2D eigenvalue weighted by Crippen LogP contribution is 2.24. The molecule has 10 heteroatoms. The van der Waals surface area contributed by atoms with E-state index in [0.717, 1.165) is 52.0 Å². The highest BCUT2D eigenvalue weighted by molar-refractivity contribution is 5.97. The second-order valence-electron chi connectivity index (χ2n) is 12.1. The minimum Gasteiger partial charge on any atom is -0.492 e. The summed E-state index contributed by atoms with van der Waals surface area (Å²) in [5.74, 6) is 1.14. The number of carbonyl (C=O) groups excluding carboxylic acids is 2. The number of carbonyl (C=O) groups is 2. The Morgan fingerprint density at radius 1 is 0.837 bits per heavy atom. The molecule has 256 valence electrons. The van der Waals surface area contributed by atoms with E-state index in [1.807, 2.05) is 55.5 Å². The van der Waals surface area contributed by atoms with Crippen LogP contribution >= 0.6 is 0 Å². The summed E-state index contributed by atoms with van der Waals surface area (Å²) in [6.45, 7) is 7.22. The lowest BCUT2D eigenvalue weighted by Gasteiger charge is -2.23. The van der Waals surface area contributed by atoms with E-state index < -0.39 is 6.04 Å². The van der Waals surface area contributed by atoms with Gasteiger partial charge < -0.3 is 31.0 Å². The minimum atomic E-state index is -0.718. The molecule has 0 aliphatic carbocycles. The van der Waals surface area contributed by atoms with Crippen LogP contribution in [-0.4, -0.2) is 46.0 Å². The summed E-state index contributed by atoms with van der Waals surface area (Å²) in [6, 6.07) is 24.5. The molecule has 0 aliphatic heterocycles. The molecule has 2 amide bonds. The standard InChI is InChI=1S/C39H47N7O3/c1-3-4-24-49-36-15-9-21-42-35(36)26-40-20-8-14-34(39(48)45-28(2)32-13-7-11-30-10-5-6-12-33(30)32)46-38(47)31-18-16-29(17-19-31)25-41-27-37-43-22-23-44-37/h5-7,9-13,15-19,21-23,28,34,40-41H,3-4,8,14,20,24-27H2,1-2H3,(H,43,44)(H,45,48)(H,46,47)/t28?,34-/m0/s1. The van der Waals surface area contributed by atoms with Crippen LogP contribution in [0.3, 0.4) is 0 Å². The molecule has 0 fully saturated rings. The zero-order chi connectivity index (χ0) is 34.3. The summed E-state index contributed by atoms with van der Waals surface area (Å²) in [4.78, 5) is 39.0. The monoisotopic (exact) mass is 661 g/mol. The molecule has 5 N–H and O–H groups in total. The van der Waals surface area contributed by atoms with E-state index in [4.69, 9.17) is 4.74 Å². The third kappa shape index (κ3) is 10.5. The molecule has 2 heterocycles. The maximum absolute atomic E-state index is 13.8. The van der Waals surface area contributed by atoms with Gasteiger partial charge in [0.15, 0.2) is 0 Å². The molecule has 0 bridgehead atoms. The number of nitrogens with zero attached hydrogens (tertiary/aromatic N) is 2. The van der Waals surface area contributed by atoms with Gasteiger partial charge in [-0.15, -0.1) is 0 Å². The number of aromatic amines is 1. The number of ether oxygens (including phenoxy) is 1. The van der Waals surface area contributed by atoms with Gasteiger partial charge in [-0.3, -0.25) is 14.6 Å². The fourth-order valence-electron chi connectivity index (χ4n) is 5.68. The number of hydrogen-bond acceptors (Lipinski definition) is 7. The normalized spacial score (nSPS) is 12.4. The Kier molecular flexibility index (Phi) is 13.3. The van der Waals surface area contributed by atoms with Gasteiger partial charge in [-0.2, -0.15) is 0 Å². The molecule has 0 spiro atoms. The average Bonchev–Trinajstić information content (AvgIpc) is 3.65. The Balaban J connectivity index is 1.20. The maximum atomic E-state index is 13.8. The van der Waals surface area contributed by atoms with Crippen molar-refractivity contribution < 1.29 is 14.3 Å². The van der Waals surface area contributed by atoms with Crippen LogP contribution in [0.25, 0.3) is 10.8 Å². The molecule has 5 rings (SSSR count). The van der Waals surface area contributed by atoms with Crippen LogP contribution < -0.4 is 26.0 Å². The van der Waals surface area contributed by atoms with Crippen LogP contribution in [0.5, 0.6) is 5.75 Å². The largest absolute Gasteiger partial charge is 0.492 e. The van der Waals surface area contributed by atoms with Crippen LogP contribution in [0.15, 0.2) is 97.5 Å². The first kappa shape index (κ1) is 35.3. The first-order valence-corrected chi connectivity index (χ1v) is 17.2. The van der Waals surface area contributed by atoms with Crippen molar-refractivity contribution in [2.45, 2.75) is 71.2 Å². The number of amides is 2. The van der Waals surface area contributed by atoms with Crippen molar-refractivity contribution in [1.82, 2.24) is 36.2 Å². The number of H-pyrrole nitrogens is 1. The lowest BCUT2D eigenvalue weighted by molar-refractivity contribution is -0.123. The summed E-state index contributed by atoms with van der Waals surface area (Å²) in [5, 5.41) is 15.2. The lowest BCUT2D eigenvalue weighted by atomic mass is 9.99. The summed E-state index contributed by atoms with van der Waals surface area (Å²) in [5.41, 5.74) is 3.42. The quantitative estimate of drug-likeness (QED) is 0.0689. The van der Waals surface area contributed by atoms with E-state index >= 15 is 0 Å². The van der Waals surface area contributed by atoms with Gasteiger partial charge in [0.1, 0.15) is 17.6 Å². The van der Waals surface area contributed by atoms with Gasteiger partial charge in [-0.1, -0.05) is 67.9 Å². The Labute approximate surface area is 288 Å². The second kappa shape index (κ2) is 18.5. The Hall–Kier alpha value is -5.06. The summed E-state index contributed by atoms with van der Waals surface area (Å²) in [6.07, 6.45) is 8.47. The Bertz CT molecular complexity index is 1750. The molecule has 5 aromatic rings. The fourth-order valence-corrected chi connectivity index (χ4v) is 5.68. The van der Waals surface area contributed by atoms with Crippen LogP contribution in [0.4, 0.5) is 0 Å². The SMILES string of the molecule is CCCCOc1cccnc1CNCCC[C@H](NC(=O)c1ccc(CNCc2ncc[nH]2)cc1)C(=O)NC(C)c1cccc2ccccc12. The summed E-state index contributed by atoms with van der Waals surface area (Å²) < 4.78 is 5.92. The van der Waals surface area contributed by atoms with Gasteiger partial charge in [0.2, 0.25) is 5.91 Å². The van der Waals surface area contributed by atoms with Crippen LogP contribution in [-0.2, 0) is 24.4 Å². The number of nitrogens with one attached hydrogen (secondary N) is 5. The van der Waals surface area contributed by atoms with Gasteiger partial charge in [0.05, 0.1) is 24.9 Å². The van der Waals surface area contributed by atoms with E-state index in [-0.39, 0.29) is 17.9 Å². The predicted molar refractivity (Wildman–Crippen MR) is 193 cm³/mol. The number of benzene rings is 3. The molecule has 1 unspecified atom stereocenters. The molecular formula is C39H47N7O3. The molecule has 2 atom stereocenters. The van der Waals surface area contributed by atoms with Gasteiger partial charge in [-0.05, 0) is 78.9 Å². The van der Waals surface area contributed by atoms with E-state index in [2.05, 4.69) is 61.3 Å². The fraction of sp³-hybridized carbons (Fsp3) is 0.333. The predicted octanol–water partition coefficient (Wildman–Crippen LogP) is 5.97. The Morgan fingerprint density at radius 3 is 2.49 bits per heavy atom. The molecule has 0 saturated heterocycles. The number of fused-ring (bicyclic) bond motifs is 1. The number of hydrogen-bond donors (Lipinski definition) is 5. The number of unbranched alkanes of at least 4 members (excludes halogenated alkanes) is 1. The second-order valence-corrected chi connectivity index (χ2v) is 12.1.